The molecular weight excluding hydrogens is 80.0 g/mol. The zero-order chi connectivity index (χ0) is 4.57. The number of nitriles is 1. The first kappa shape index (κ1) is 3.16. The van der Waals surface area contributed by atoms with Gasteiger partial charge in [-0.2, -0.15) is 5.26 Å². The summed E-state index contributed by atoms with van der Waals surface area (Å²) in [5.41, 5.74) is 0. The van der Waals surface area contributed by atoms with E-state index in [0.717, 1.165) is 4.90 Å². The van der Waals surface area contributed by atoms with Gasteiger partial charge in [0, 0.05) is 0 Å². The number of nitrogens with zero attached hydrogens (tertiary/aromatic N) is 2. The van der Waals surface area contributed by atoms with E-state index in [2.05, 4.69) is 0 Å². The highest BCUT2D eigenvalue weighted by atomic mass is 16.2. The monoisotopic (exact) mass is 82.0 g/mol. The molecule has 1 fully saturated rings. The van der Waals surface area contributed by atoms with Crippen LogP contribution in [0.5, 0.6) is 0 Å². The van der Waals surface area contributed by atoms with Crippen molar-refractivity contribution in [3.63, 3.8) is 0 Å². The van der Waals surface area contributed by atoms with Crippen LogP contribution >= 0.6 is 0 Å². The van der Waals surface area contributed by atoms with Gasteiger partial charge in [0.15, 0.2) is 6.19 Å². The van der Waals surface area contributed by atoms with Gasteiger partial charge in [-0.15, -0.1) is 0 Å². The molecule has 6 heavy (non-hydrogen) atoms. The first-order valence-electron chi connectivity index (χ1n) is 1.54. The third-order valence-electron chi connectivity index (χ3n) is 0.612. The third-order valence-corrected chi connectivity index (χ3v) is 0.612. The number of amides is 1. The molecule has 0 aromatic rings. The van der Waals surface area contributed by atoms with Crippen molar-refractivity contribution in [2.75, 3.05) is 6.54 Å². The quantitative estimate of drug-likeness (QED) is 0.287. The predicted molar refractivity (Wildman–Crippen MR) is 17.3 cm³/mol. The first-order valence-corrected chi connectivity index (χ1v) is 1.54. The summed E-state index contributed by atoms with van der Waals surface area (Å²) in [4.78, 5) is 10.9. The van der Waals surface area contributed by atoms with Gasteiger partial charge >= 0.3 is 0 Å². The van der Waals surface area contributed by atoms with Crippen molar-refractivity contribution in [2.24, 2.45) is 0 Å². The number of carbonyl (C=O) groups excluding carboxylic acids is 1. The summed E-state index contributed by atoms with van der Waals surface area (Å²) in [7, 11) is 0. The maximum absolute atomic E-state index is 9.82. The van der Waals surface area contributed by atoms with Gasteiger partial charge in [-0.25, -0.2) is 4.90 Å². The van der Waals surface area contributed by atoms with Crippen LogP contribution in [0.25, 0.3) is 0 Å². The number of carbonyl (C=O) groups is 1. The first-order chi connectivity index (χ1) is 2.84. The second kappa shape index (κ2) is 0.716. The molecule has 0 saturated carbocycles. The van der Waals surface area contributed by atoms with Crippen molar-refractivity contribution >= 4 is 5.91 Å². The third kappa shape index (κ3) is 0.235. The van der Waals surface area contributed by atoms with Gasteiger partial charge in [0.2, 0.25) is 0 Å². The summed E-state index contributed by atoms with van der Waals surface area (Å²) in [5, 5.41) is 7.83. The summed E-state index contributed by atoms with van der Waals surface area (Å²) in [6.45, 7) is 0.330. The molecule has 0 unspecified atom stereocenters. The molecule has 0 atom stereocenters. The summed E-state index contributed by atoms with van der Waals surface area (Å²) in [6, 6.07) is 0. The fraction of sp³-hybridized carbons (Fsp3) is 0.333. The summed E-state index contributed by atoms with van der Waals surface area (Å²) in [5.74, 6) is -0.0718. The Morgan fingerprint density at radius 1 is 2.00 bits per heavy atom. The Kier molecular flexibility index (Phi) is 0.377. The van der Waals surface area contributed by atoms with Crippen molar-refractivity contribution in [1.82, 2.24) is 4.90 Å². The fourth-order valence-corrected chi connectivity index (χ4v) is 0.191. The van der Waals surface area contributed by atoms with Crippen LogP contribution in [-0.2, 0) is 4.79 Å². The lowest BCUT2D eigenvalue weighted by Gasteiger charge is -1.63. The van der Waals surface area contributed by atoms with Crippen LogP contribution in [0, 0.1) is 11.5 Å². The van der Waals surface area contributed by atoms with Gasteiger partial charge in [-0.3, -0.25) is 4.79 Å². The zero-order valence-electron chi connectivity index (χ0n) is 3.01. The molecule has 1 saturated heterocycles. The molecule has 30 valence electrons. The number of hydrogen-bond acceptors (Lipinski definition) is 2. The lowest BCUT2D eigenvalue weighted by Crippen LogP contribution is -1.80. The van der Waals surface area contributed by atoms with Gasteiger partial charge in [0.25, 0.3) is 5.91 Å². The van der Waals surface area contributed by atoms with Crippen molar-refractivity contribution in [1.29, 1.82) is 5.26 Å². The second-order valence-electron chi connectivity index (χ2n) is 1.08. The average molecular weight is 82.1 g/mol. The minimum absolute atomic E-state index is 0.0718. The van der Waals surface area contributed by atoms with Crippen molar-refractivity contribution in [3.05, 3.63) is 0 Å². The van der Waals surface area contributed by atoms with Gasteiger partial charge in [0.05, 0.1) is 0 Å². The Morgan fingerprint density at radius 2 is 2.50 bits per heavy atom. The van der Waals surface area contributed by atoms with Crippen LogP contribution in [0.4, 0.5) is 0 Å². The molecule has 0 aromatic carbocycles. The zero-order valence-corrected chi connectivity index (χ0v) is 3.01. The molecule has 1 aliphatic rings. The Balaban J connectivity index is 2.51. The highest BCUT2D eigenvalue weighted by Crippen LogP contribution is 2.00. The van der Waals surface area contributed by atoms with E-state index in [1.165, 1.54) is 0 Å². The van der Waals surface area contributed by atoms with Crippen LogP contribution in [0.3, 0.4) is 0 Å². The Labute approximate surface area is 34.8 Å². The van der Waals surface area contributed by atoms with Crippen LogP contribution in [0.1, 0.15) is 0 Å². The van der Waals surface area contributed by atoms with Gasteiger partial charge < -0.3 is 0 Å². The Bertz CT molecular complexity index is 123. The maximum Gasteiger partial charge on any atom is 0.256 e. The highest BCUT2D eigenvalue weighted by molar-refractivity contribution is 5.93. The molecule has 1 aliphatic heterocycles. The van der Waals surface area contributed by atoms with Crippen LogP contribution in [0.2, 0.25) is 0 Å². The van der Waals surface area contributed by atoms with E-state index in [9.17, 15) is 4.79 Å². The van der Waals surface area contributed by atoms with Crippen molar-refractivity contribution in [3.8, 4) is 6.19 Å². The SMILES string of the molecule is N#CN1CC1=O. The molecule has 0 bridgehead atoms. The maximum atomic E-state index is 9.82. The predicted octanol–water partition coefficient (Wildman–Crippen LogP) is -0.690. The van der Waals surface area contributed by atoms with E-state index >= 15 is 0 Å². The van der Waals surface area contributed by atoms with E-state index in [1.54, 1.807) is 6.19 Å². The normalized spacial score (nSPS) is 17.2. The molecule has 3 heteroatoms. The van der Waals surface area contributed by atoms with Gasteiger partial charge in [0.1, 0.15) is 6.54 Å². The van der Waals surface area contributed by atoms with Crippen LogP contribution in [0.15, 0.2) is 0 Å². The van der Waals surface area contributed by atoms with Crippen molar-refractivity contribution < 1.29 is 4.79 Å². The van der Waals surface area contributed by atoms with Gasteiger partial charge in [-0.1, -0.05) is 0 Å². The standard InChI is InChI=1S/C3H2N2O/c4-2-5-1-3(5)6/h1H2. The summed E-state index contributed by atoms with van der Waals surface area (Å²) < 4.78 is 0. The second-order valence-corrected chi connectivity index (χ2v) is 1.08. The smallest absolute Gasteiger partial charge is 0.256 e. The summed E-state index contributed by atoms with van der Waals surface area (Å²) >= 11 is 0. The molecule has 1 rings (SSSR count). The fourth-order valence-electron chi connectivity index (χ4n) is 0.191. The largest absolute Gasteiger partial charge is 0.272 e. The van der Waals surface area contributed by atoms with Gasteiger partial charge in [-0.05, 0) is 0 Å². The summed E-state index contributed by atoms with van der Waals surface area (Å²) in [6.07, 6.45) is 1.67. The molecule has 0 radical (unpaired) electrons. The number of rotatable bonds is 0. The lowest BCUT2D eigenvalue weighted by molar-refractivity contribution is -0.112. The van der Waals surface area contributed by atoms with Crippen LogP contribution in [-0.4, -0.2) is 17.4 Å². The molecule has 0 N–H and O–H groups in total. The van der Waals surface area contributed by atoms with Crippen molar-refractivity contribution in [2.45, 2.75) is 0 Å². The topological polar surface area (TPSA) is 43.9 Å². The van der Waals surface area contributed by atoms with E-state index in [4.69, 9.17) is 5.26 Å². The average Bonchev–Trinajstić information content (AvgIpc) is 2.19. The minimum atomic E-state index is -0.0718. The molecule has 1 amide bonds. The Hall–Kier alpha value is -1.04. The molecule has 0 aliphatic carbocycles. The van der Waals surface area contributed by atoms with E-state index < -0.39 is 0 Å². The molecule has 0 spiro atoms. The highest BCUT2D eigenvalue weighted by Gasteiger charge is 2.29. The molecule has 3 nitrogen and oxygen atoms in total. The lowest BCUT2D eigenvalue weighted by atomic mass is 11.0. The number of hydrogen-bond donors (Lipinski definition) is 0. The van der Waals surface area contributed by atoms with E-state index in [1.807, 2.05) is 0 Å². The molecular formula is C3H2N2O. The Morgan fingerprint density at radius 3 is 2.50 bits per heavy atom. The minimum Gasteiger partial charge on any atom is -0.272 e. The molecule has 0 aromatic heterocycles. The van der Waals surface area contributed by atoms with Crippen LogP contribution < -0.4 is 0 Å². The molecule has 1 heterocycles. The van der Waals surface area contributed by atoms with E-state index in [-0.39, 0.29) is 5.91 Å². The van der Waals surface area contributed by atoms with E-state index in [0.29, 0.717) is 6.54 Å².